The molecule has 0 aliphatic heterocycles. The summed E-state index contributed by atoms with van der Waals surface area (Å²) in [5, 5.41) is 0. The number of methoxy groups -OCH3 is 1. The summed E-state index contributed by atoms with van der Waals surface area (Å²) in [6.07, 6.45) is 0. The standard InChI is InChI=1S/C12H19NO2S/c1-12(2,3)9-16(14)13-10-5-7-11(15-4)8-6-10/h5-8,13H,9H2,1-4H3. The van der Waals surface area contributed by atoms with Crippen LogP contribution in [0.5, 0.6) is 5.75 Å². The quantitative estimate of drug-likeness (QED) is 0.880. The van der Waals surface area contributed by atoms with Gasteiger partial charge in [-0.1, -0.05) is 20.8 Å². The molecule has 0 aromatic heterocycles. The van der Waals surface area contributed by atoms with Gasteiger partial charge in [0.05, 0.1) is 7.11 Å². The SMILES string of the molecule is COc1ccc(NS(=O)CC(C)(C)C)cc1. The number of benzene rings is 1. The second-order valence-corrected chi connectivity index (χ2v) is 6.06. The summed E-state index contributed by atoms with van der Waals surface area (Å²) in [6.45, 7) is 6.21. The highest BCUT2D eigenvalue weighted by atomic mass is 32.2. The summed E-state index contributed by atoms with van der Waals surface area (Å²) < 4.78 is 19.8. The molecule has 3 nitrogen and oxygen atoms in total. The normalized spacial score (nSPS) is 13.2. The Balaban J connectivity index is 2.56. The molecule has 1 aromatic carbocycles. The molecule has 0 fully saturated rings. The van der Waals surface area contributed by atoms with E-state index in [2.05, 4.69) is 25.5 Å². The largest absolute Gasteiger partial charge is 0.497 e. The van der Waals surface area contributed by atoms with Gasteiger partial charge < -0.3 is 9.46 Å². The maximum atomic E-state index is 11.8. The van der Waals surface area contributed by atoms with Crippen LogP contribution in [0.25, 0.3) is 0 Å². The second-order valence-electron chi connectivity index (χ2n) is 4.88. The van der Waals surface area contributed by atoms with Gasteiger partial charge in [-0.15, -0.1) is 0 Å². The Kier molecular flexibility index (Phi) is 4.35. The smallest absolute Gasteiger partial charge is 0.119 e. The number of anilines is 1. The lowest BCUT2D eigenvalue weighted by Gasteiger charge is -2.17. The van der Waals surface area contributed by atoms with Crippen LogP contribution in [-0.2, 0) is 11.0 Å². The van der Waals surface area contributed by atoms with Crippen molar-refractivity contribution in [2.75, 3.05) is 17.6 Å². The zero-order chi connectivity index (χ0) is 12.2. The minimum Gasteiger partial charge on any atom is -0.497 e. The minimum absolute atomic E-state index is 0.0599. The van der Waals surface area contributed by atoms with Crippen LogP contribution in [0.3, 0.4) is 0 Å². The van der Waals surface area contributed by atoms with E-state index in [0.29, 0.717) is 5.75 Å². The van der Waals surface area contributed by atoms with Crippen molar-refractivity contribution in [2.45, 2.75) is 20.8 Å². The fraction of sp³-hybridized carbons (Fsp3) is 0.500. The van der Waals surface area contributed by atoms with Crippen LogP contribution in [0.4, 0.5) is 5.69 Å². The van der Waals surface area contributed by atoms with E-state index in [4.69, 9.17) is 4.74 Å². The molecule has 0 aliphatic rings. The van der Waals surface area contributed by atoms with Gasteiger partial charge in [-0.2, -0.15) is 0 Å². The molecule has 1 atom stereocenters. The van der Waals surface area contributed by atoms with Crippen molar-refractivity contribution in [1.82, 2.24) is 0 Å². The molecule has 16 heavy (non-hydrogen) atoms. The van der Waals surface area contributed by atoms with Gasteiger partial charge in [-0.25, -0.2) is 4.21 Å². The number of hydrogen-bond donors (Lipinski definition) is 1. The first-order valence-corrected chi connectivity index (χ1v) is 6.52. The van der Waals surface area contributed by atoms with Crippen LogP contribution in [0.2, 0.25) is 0 Å². The maximum absolute atomic E-state index is 11.8. The number of ether oxygens (including phenoxy) is 1. The molecular weight excluding hydrogens is 222 g/mol. The molecule has 0 aliphatic carbocycles. The molecule has 1 rings (SSSR count). The van der Waals surface area contributed by atoms with Gasteiger partial charge in [-0.3, -0.25) is 0 Å². The van der Waals surface area contributed by atoms with Crippen LogP contribution in [0.15, 0.2) is 24.3 Å². The van der Waals surface area contributed by atoms with Crippen molar-refractivity contribution in [3.05, 3.63) is 24.3 Å². The fourth-order valence-corrected chi connectivity index (χ4v) is 2.48. The molecule has 1 unspecified atom stereocenters. The van der Waals surface area contributed by atoms with Crippen LogP contribution < -0.4 is 9.46 Å². The lowest BCUT2D eigenvalue weighted by atomic mass is 10.0. The average molecular weight is 241 g/mol. The molecule has 90 valence electrons. The Morgan fingerprint density at radius 2 is 1.81 bits per heavy atom. The first-order valence-electron chi connectivity index (χ1n) is 5.20. The van der Waals surface area contributed by atoms with Gasteiger partial charge in [0, 0.05) is 11.4 Å². The summed E-state index contributed by atoms with van der Waals surface area (Å²) in [5.41, 5.74) is 0.910. The zero-order valence-corrected chi connectivity index (χ0v) is 11.1. The van der Waals surface area contributed by atoms with E-state index in [-0.39, 0.29) is 5.41 Å². The van der Waals surface area contributed by atoms with Crippen LogP contribution in [0, 0.1) is 5.41 Å². The van der Waals surface area contributed by atoms with Gasteiger partial charge in [0.1, 0.15) is 16.7 Å². The Labute approximate surface area is 99.8 Å². The first-order chi connectivity index (χ1) is 7.40. The van der Waals surface area contributed by atoms with E-state index in [9.17, 15) is 4.21 Å². The predicted octanol–water partition coefficient (Wildman–Crippen LogP) is 2.82. The van der Waals surface area contributed by atoms with Crippen molar-refractivity contribution >= 4 is 16.7 Å². The van der Waals surface area contributed by atoms with Crippen molar-refractivity contribution in [2.24, 2.45) is 5.41 Å². The average Bonchev–Trinajstić information content (AvgIpc) is 2.16. The summed E-state index contributed by atoms with van der Waals surface area (Å²) in [4.78, 5) is 0. The monoisotopic (exact) mass is 241 g/mol. The van der Waals surface area contributed by atoms with Crippen molar-refractivity contribution in [3.63, 3.8) is 0 Å². The van der Waals surface area contributed by atoms with Crippen molar-refractivity contribution in [3.8, 4) is 5.75 Å². The van der Waals surface area contributed by atoms with Crippen LogP contribution >= 0.6 is 0 Å². The third kappa shape index (κ3) is 4.66. The summed E-state index contributed by atoms with van der Waals surface area (Å²) in [5.74, 6) is 1.42. The highest BCUT2D eigenvalue weighted by molar-refractivity contribution is 7.86. The molecular formula is C12H19NO2S. The van der Waals surface area contributed by atoms with Crippen LogP contribution in [-0.4, -0.2) is 17.1 Å². The van der Waals surface area contributed by atoms with Gasteiger partial charge >= 0.3 is 0 Å². The molecule has 0 radical (unpaired) electrons. The predicted molar refractivity (Wildman–Crippen MR) is 69.1 cm³/mol. The highest BCUT2D eigenvalue weighted by Crippen LogP contribution is 2.18. The lowest BCUT2D eigenvalue weighted by molar-refractivity contribution is 0.415. The van der Waals surface area contributed by atoms with E-state index in [1.165, 1.54) is 0 Å². The van der Waals surface area contributed by atoms with E-state index in [0.717, 1.165) is 11.4 Å². The van der Waals surface area contributed by atoms with Gasteiger partial charge in [-0.05, 0) is 29.7 Å². The molecule has 1 N–H and O–H groups in total. The van der Waals surface area contributed by atoms with E-state index >= 15 is 0 Å². The Morgan fingerprint density at radius 3 is 2.25 bits per heavy atom. The summed E-state index contributed by atoms with van der Waals surface area (Å²) >= 11 is 0. The van der Waals surface area contributed by atoms with Gasteiger partial charge in [0.15, 0.2) is 0 Å². The molecule has 0 heterocycles. The first kappa shape index (κ1) is 13.0. The molecule has 1 aromatic rings. The Morgan fingerprint density at radius 1 is 1.25 bits per heavy atom. The summed E-state index contributed by atoms with van der Waals surface area (Å²) in [6, 6.07) is 7.41. The molecule has 0 bridgehead atoms. The maximum Gasteiger partial charge on any atom is 0.119 e. The van der Waals surface area contributed by atoms with Gasteiger partial charge in [0.2, 0.25) is 0 Å². The third-order valence-electron chi connectivity index (χ3n) is 1.89. The Bertz CT molecular complexity index is 354. The molecule has 4 heteroatoms. The number of nitrogens with one attached hydrogen (secondary N) is 1. The van der Waals surface area contributed by atoms with E-state index in [1.807, 2.05) is 24.3 Å². The number of rotatable bonds is 4. The highest BCUT2D eigenvalue weighted by Gasteiger charge is 2.14. The van der Waals surface area contributed by atoms with E-state index in [1.54, 1.807) is 7.11 Å². The minimum atomic E-state index is -1.04. The molecule has 0 amide bonds. The second kappa shape index (κ2) is 5.34. The molecule has 0 saturated carbocycles. The lowest BCUT2D eigenvalue weighted by Crippen LogP contribution is -2.20. The van der Waals surface area contributed by atoms with Gasteiger partial charge in [0.25, 0.3) is 0 Å². The Hall–Kier alpha value is -1.03. The number of hydrogen-bond acceptors (Lipinski definition) is 2. The summed E-state index contributed by atoms with van der Waals surface area (Å²) in [7, 11) is 0.585. The van der Waals surface area contributed by atoms with Crippen molar-refractivity contribution < 1.29 is 8.95 Å². The molecule has 0 spiro atoms. The third-order valence-corrected chi connectivity index (χ3v) is 3.48. The van der Waals surface area contributed by atoms with Crippen molar-refractivity contribution in [1.29, 1.82) is 0 Å². The topological polar surface area (TPSA) is 38.3 Å². The fourth-order valence-electron chi connectivity index (χ4n) is 1.22. The van der Waals surface area contributed by atoms with Crippen LogP contribution in [0.1, 0.15) is 20.8 Å². The van der Waals surface area contributed by atoms with E-state index < -0.39 is 11.0 Å². The zero-order valence-electron chi connectivity index (χ0n) is 10.2. The molecule has 0 saturated heterocycles.